The second-order valence-corrected chi connectivity index (χ2v) is 12.9. The Bertz CT molecular complexity index is 1760. The number of aliphatic hydroxyl groups is 8. The molecule has 0 aliphatic carbocycles. The minimum atomic E-state index is -2.00. The predicted molar refractivity (Wildman–Crippen MR) is 170 cm³/mol. The standard InChI is InChI=1S/C33H40O19/c1-10-19(37)23(41)26(44)31(47-10)46-9-17-21(39)25(43)30(52-32-27(45)24(42)20(38)11(2)48-32)33(50-17)51-29-22(40)18-15(36)7-14(35)8-16(18)49-28(29)12-3-5-13(34)6-4-12/h3-8,10-11,17,19-21,23-27,30-39,41-45H,9H2,1-2H3/t10-,11-,17-,19-,20-,21-,23+,24+,25+,26-,27-,30-,31-,32+,33+/m0/s1. The third kappa shape index (κ3) is 7.16. The minimum absolute atomic E-state index is 0.138. The minimum Gasteiger partial charge on any atom is -0.508 e. The van der Waals surface area contributed by atoms with Crippen LogP contribution in [0.15, 0.2) is 45.6 Å². The van der Waals surface area contributed by atoms with Crippen molar-refractivity contribution in [2.45, 2.75) is 106 Å². The summed E-state index contributed by atoms with van der Waals surface area (Å²) in [6.45, 7) is 2.12. The number of phenols is 3. The van der Waals surface area contributed by atoms with Gasteiger partial charge in [-0.2, -0.15) is 0 Å². The highest BCUT2D eigenvalue weighted by Gasteiger charge is 2.52. The van der Waals surface area contributed by atoms with Crippen molar-refractivity contribution in [2.24, 2.45) is 0 Å². The van der Waals surface area contributed by atoms with E-state index in [1.165, 1.54) is 38.1 Å². The first kappa shape index (κ1) is 38.1. The number of rotatable bonds is 8. The third-order valence-corrected chi connectivity index (χ3v) is 9.26. The molecule has 52 heavy (non-hydrogen) atoms. The van der Waals surface area contributed by atoms with Crippen molar-refractivity contribution in [1.29, 1.82) is 0 Å². The SMILES string of the molecule is C[C@@H]1O[C@H](OC[C@@H]2O[C@H](Oc3c(-c4ccc(O)cc4)oc4cc(O)cc(O)c4c3=O)[C@@H](O[C@H]3O[C@@H](C)[C@H](O)[C@@H](O)[C@@H]3O)[C@H](O)[C@H]2O)[C@@H](O)[C@H](O)[C@H]1O. The van der Waals surface area contributed by atoms with Gasteiger partial charge in [0.25, 0.3) is 0 Å². The molecule has 0 radical (unpaired) electrons. The van der Waals surface area contributed by atoms with Crippen LogP contribution in [-0.2, 0) is 23.7 Å². The van der Waals surface area contributed by atoms with Crippen molar-refractivity contribution in [1.82, 2.24) is 0 Å². The number of ether oxygens (including phenoxy) is 6. The molecule has 11 N–H and O–H groups in total. The molecule has 3 aliphatic heterocycles. The van der Waals surface area contributed by atoms with E-state index in [-0.39, 0.29) is 22.7 Å². The Kier molecular flexibility index (Phi) is 11.0. The fourth-order valence-electron chi connectivity index (χ4n) is 6.20. The van der Waals surface area contributed by atoms with Crippen LogP contribution in [-0.4, -0.2) is 155 Å². The Hall–Kier alpha value is -3.67. The van der Waals surface area contributed by atoms with Crippen molar-refractivity contribution < 1.29 is 89.0 Å². The van der Waals surface area contributed by atoms with Crippen LogP contribution in [0.5, 0.6) is 23.0 Å². The van der Waals surface area contributed by atoms with Crippen molar-refractivity contribution in [3.8, 4) is 34.3 Å². The average molecular weight is 741 g/mol. The zero-order valence-electron chi connectivity index (χ0n) is 27.5. The van der Waals surface area contributed by atoms with E-state index >= 15 is 0 Å². The van der Waals surface area contributed by atoms with Crippen LogP contribution in [0.4, 0.5) is 0 Å². The molecule has 0 amide bonds. The maximum Gasteiger partial charge on any atom is 0.239 e. The summed E-state index contributed by atoms with van der Waals surface area (Å²) in [6.07, 6.45) is -24.7. The summed E-state index contributed by atoms with van der Waals surface area (Å²) in [5, 5.41) is 115. The van der Waals surface area contributed by atoms with E-state index in [9.17, 15) is 61.0 Å². The zero-order valence-corrected chi connectivity index (χ0v) is 27.5. The van der Waals surface area contributed by atoms with Gasteiger partial charge >= 0.3 is 0 Å². The van der Waals surface area contributed by atoms with Gasteiger partial charge in [-0.05, 0) is 38.1 Å². The van der Waals surface area contributed by atoms with Crippen LogP contribution in [0.1, 0.15) is 13.8 Å². The van der Waals surface area contributed by atoms with Gasteiger partial charge in [0, 0.05) is 17.7 Å². The molecule has 3 fully saturated rings. The third-order valence-electron chi connectivity index (χ3n) is 9.26. The summed E-state index contributed by atoms with van der Waals surface area (Å²) in [5.41, 5.74) is -1.15. The van der Waals surface area contributed by atoms with Crippen LogP contribution >= 0.6 is 0 Å². The maximum absolute atomic E-state index is 14.0. The van der Waals surface area contributed by atoms with E-state index < -0.39 is 127 Å². The number of fused-ring (bicyclic) bond motifs is 1. The molecule has 286 valence electrons. The molecule has 6 rings (SSSR count). The fraction of sp³-hybridized carbons (Fsp3) is 0.545. The first-order chi connectivity index (χ1) is 24.6. The highest BCUT2D eigenvalue weighted by Crippen LogP contribution is 2.38. The lowest BCUT2D eigenvalue weighted by molar-refractivity contribution is -0.360. The van der Waals surface area contributed by atoms with Gasteiger partial charge in [0.1, 0.15) is 83.2 Å². The van der Waals surface area contributed by atoms with Crippen molar-refractivity contribution in [3.05, 3.63) is 46.6 Å². The highest BCUT2D eigenvalue weighted by atomic mass is 16.8. The Balaban J connectivity index is 1.38. The number of hydrogen-bond acceptors (Lipinski definition) is 19. The lowest BCUT2D eigenvalue weighted by atomic mass is 9.97. The van der Waals surface area contributed by atoms with E-state index in [4.69, 9.17) is 32.8 Å². The van der Waals surface area contributed by atoms with Crippen LogP contribution in [0.2, 0.25) is 0 Å². The highest BCUT2D eigenvalue weighted by molar-refractivity contribution is 5.88. The fourth-order valence-corrected chi connectivity index (χ4v) is 6.20. The smallest absolute Gasteiger partial charge is 0.239 e. The summed E-state index contributed by atoms with van der Waals surface area (Å²) >= 11 is 0. The zero-order chi connectivity index (χ0) is 37.8. The summed E-state index contributed by atoms with van der Waals surface area (Å²) in [4.78, 5) is 14.0. The van der Waals surface area contributed by atoms with Crippen LogP contribution in [0, 0.1) is 0 Å². The molecule has 4 heterocycles. The topological polar surface area (TPSA) is 308 Å². The largest absolute Gasteiger partial charge is 0.508 e. The van der Waals surface area contributed by atoms with E-state index in [1.54, 1.807) is 0 Å². The van der Waals surface area contributed by atoms with Crippen molar-refractivity contribution >= 4 is 11.0 Å². The molecular weight excluding hydrogens is 700 g/mol. The number of aromatic hydroxyl groups is 3. The van der Waals surface area contributed by atoms with Crippen LogP contribution in [0.25, 0.3) is 22.3 Å². The molecule has 15 atom stereocenters. The van der Waals surface area contributed by atoms with Gasteiger partial charge in [-0.3, -0.25) is 4.79 Å². The van der Waals surface area contributed by atoms with Crippen LogP contribution in [0.3, 0.4) is 0 Å². The van der Waals surface area contributed by atoms with E-state index in [0.29, 0.717) is 0 Å². The Morgan fingerprint density at radius 3 is 1.88 bits per heavy atom. The lowest BCUT2D eigenvalue weighted by Crippen LogP contribution is -2.65. The summed E-state index contributed by atoms with van der Waals surface area (Å²) in [5.74, 6) is -2.27. The molecule has 0 bridgehead atoms. The quantitative estimate of drug-likeness (QED) is 0.113. The van der Waals surface area contributed by atoms with Gasteiger partial charge < -0.3 is 89.0 Å². The van der Waals surface area contributed by atoms with Crippen molar-refractivity contribution in [3.63, 3.8) is 0 Å². The molecule has 2 aromatic carbocycles. The molecule has 0 unspecified atom stereocenters. The molecule has 3 aliphatic rings. The number of hydrogen-bond donors (Lipinski definition) is 11. The van der Waals surface area contributed by atoms with E-state index in [2.05, 4.69) is 0 Å². The average Bonchev–Trinajstić information content (AvgIpc) is 3.10. The Morgan fingerprint density at radius 2 is 1.25 bits per heavy atom. The first-order valence-corrected chi connectivity index (χ1v) is 16.2. The molecule has 19 heteroatoms. The predicted octanol–water partition coefficient (Wildman–Crippen LogP) is -2.54. The molecule has 3 aromatic rings. The maximum atomic E-state index is 14.0. The molecule has 3 saturated heterocycles. The molecule has 0 spiro atoms. The summed E-state index contributed by atoms with van der Waals surface area (Å²) in [6, 6.07) is 7.16. The summed E-state index contributed by atoms with van der Waals surface area (Å²) in [7, 11) is 0. The Morgan fingerprint density at radius 1 is 0.654 bits per heavy atom. The second-order valence-electron chi connectivity index (χ2n) is 12.9. The lowest BCUT2D eigenvalue weighted by Gasteiger charge is -2.46. The summed E-state index contributed by atoms with van der Waals surface area (Å²) < 4.78 is 40.3. The van der Waals surface area contributed by atoms with Gasteiger partial charge in [0.15, 0.2) is 24.4 Å². The van der Waals surface area contributed by atoms with E-state index in [1.807, 2.05) is 0 Å². The molecule has 1 aromatic heterocycles. The second kappa shape index (κ2) is 15.0. The molecular formula is C33H40O19. The van der Waals surface area contributed by atoms with E-state index in [0.717, 1.165) is 12.1 Å². The van der Waals surface area contributed by atoms with Gasteiger partial charge in [-0.1, -0.05) is 0 Å². The monoisotopic (exact) mass is 740 g/mol. The number of phenolic OH excluding ortho intramolecular Hbond substituents is 3. The molecule has 19 nitrogen and oxygen atoms in total. The van der Waals surface area contributed by atoms with Gasteiger partial charge in [-0.15, -0.1) is 0 Å². The van der Waals surface area contributed by atoms with Gasteiger partial charge in [0.2, 0.25) is 17.5 Å². The molecule has 0 saturated carbocycles. The van der Waals surface area contributed by atoms with Crippen LogP contribution < -0.4 is 10.2 Å². The van der Waals surface area contributed by atoms with Gasteiger partial charge in [0.05, 0.1) is 18.8 Å². The number of benzene rings is 2. The first-order valence-electron chi connectivity index (χ1n) is 16.2. The Labute approximate surface area is 293 Å². The normalized spacial score (nSPS) is 38.3. The number of aliphatic hydroxyl groups excluding tert-OH is 8. The van der Waals surface area contributed by atoms with Crippen molar-refractivity contribution in [2.75, 3.05) is 6.61 Å². The van der Waals surface area contributed by atoms with Gasteiger partial charge in [-0.25, -0.2) is 0 Å².